The van der Waals surface area contributed by atoms with Crippen molar-refractivity contribution in [2.45, 2.75) is 25.9 Å². The van der Waals surface area contributed by atoms with Gasteiger partial charge in [0.15, 0.2) is 5.82 Å². The van der Waals surface area contributed by atoms with Gasteiger partial charge in [-0.2, -0.15) is 10.1 Å². The fourth-order valence-corrected chi connectivity index (χ4v) is 2.56. The van der Waals surface area contributed by atoms with Crippen molar-refractivity contribution in [2.75, 3.05) is 23.8 Å². The third kappa shape index (κ3) is 3.92. The SMILES string of the molecule is Cc1cc(Nc2nncc(NCC3CCCO3)n2)ccc1Br. The van der Waals surface area contributed by atoms with E-state index in [0.29, 0.717) is 11.8 Å². The van der Waals surface area contributed by atoms with Gasteiger partial charge in [0.25, 0.3) is 0 Å². The molecule has 0 saturated carbocycles. The van der Waals surface area contributed by atoms with E-state index in [1.54, 1.807) is 6.20 Å². The van der Waals surface area contributed by atoms with Gasteiger partial charge in [-0.15, -0.1) is 5.10 Å². The summed E-state index contributed by atoms with van der Waals surface area (Å²) in [6.45, 7) is 3.63. The predicted octanol–water partition coefficient (Wildman–Crippen LogP) is 3.28. The molecule has 1 aliphatic heterocycles. The monoisotopic (exact) mass is 363 g/mol. The average molecular weight is 364 g/mol. The molecule has 3 rings (SSSR count). The molecule has 116 valence electrons. The number of halogens is 1. The van der Waals surface area contributed by atoms with Crippen molar-refractivity contribution in [3.05, 3.63) is 34.4 Å². The molecule has 0 spiro atoms. The number of aryl methyl sites for hydroxylation is 1. The van der Waals surface area contributed by atoms with Crippen LogP contribution in [0.1, 0.15) is 18.4 Å². The van der Waals surface area contributed by atoms with E-state index in [0.717, 1.165) is 41.7 Å². The smallest absolute Gasteiger partial charge is 0.249 e. The Hall–Kier alpha value is -1.73. The molecule has 1 atom stereocenters. The summed E-state index contributed by atoms with van der Waals surface area (Å²) in [6, 6.07) is 5.98. The molecule has 0 radical (unpaired) electrons. The lowest BCUT2D eigenvalue weighted by Crippen LogP contribution is -2.19. The molecule has 2 aromatic rings. The molecule has 6 nitrogen and oxygen atoms in total. The van der Waals surface area contributed by atoms with Crippen LogP contribution in [0.25, 0.3) is 0 Å². The minimum atomic E-state index is 0.264. The minimum absolute atomic E-state index is 0.264. The van der Waals surface area contributed by atoms with Gasteiger partial charge in [0, 0.05) is 23.3 Å². The van der Waals surface area contributed by atoms with Crippen LogP contribution in [0, 0.1) is 6.92 Å². The van der Waals surface area contributed by atoms with Crippen LogP contribution >= 0.6 is 15.9 Å². The van der Waals surface area contributed by atoms with E-state index in [2.05, 4.69) is 41.7 Å². The molecule has 22 heavy (non-hydrogen) atoms. The topological polar surface area (TPSA) is 72.0 Å². The third-order valence-electron chi connectivity index (χ3n) is 3.51. The molecule has 0 aliphatic carbocycles. The van der Waals surface area contributed by atoms with Gasteiger partial charge in [-0.1, -0.05) is 15.9 Å². The van der Waals surface area contributed by atoms with E-state index in [-0.39, 0.29) is 6.10 Å². The van der Waals surface area contributed by atoms with E-state index in [9.17, 15) is 0 Å². The zero-order valence-electron chi connectivity index (χ0n) is 12.3. The summed E-state index contributed by atoms with van der Waals surface area (Å²) in [5, 5.41) is 14.4. The maximum atomic E-state index is 5.58. The molecule has 1 fully saturated rings. The number of nitrogens with one attached hydrogen (secondary N) is 2. The maximum Gasteiger partial charge on any atom is 0.249 e. The molecule has 2 N–H and O–H groups in total. The number of rotatable bonds is 5. The molecule has 1 aromatic carbocycles. The van der Waals surface area contributed by atoms with Crippen molar-refractivity contribution >= 4 is 33.4 Å². The second-order valence-corrected chi connectivity index (χ2v) is 6.12. The van der Waals surface area contributed by atoms with E-state index in [1.807, 2.05) is 25.1 Å². The van der Waals surface area contributed by atoms with Gasteiger partial charge in [-0.05, 0) is 43.5 Å². The summed E-state index contributed by atoms with van der Waals surface area (Å²) < 4.78 is 6.65. The Morgan fingerprint density at radius 3 is 3.09 bits per heavy atom. The number of aromatic nitrogens is 3. The molecular formula is C15H18BrN5O. The van der Waals surface area contributed by atoms with E-state index in [1.165, 1.54) is 0 Å². The Balaban J connectivity index is 1.63. The lowest BCUT2D eigenvalue weighted by molar-refractivity contribution is 0.120. The highest BCUT2D eigenvalue weighted by molar-refractivity contribution is 9.10. The summed E-state index contributed by atoms with van der Waals surface area (Å²) in [6.07, 6.45) is 4.10. The fraction of sp³-hybridized carbons (Fsp3) is 0.400. The molecule has 1 unspecified atom stereocenters. The summed E-state index contributed by atoms with van der Waals surface area (Å²) in [5.41, 5.74) is 2.07. The highest BCUT2D eigenvalue weighted by atomic mass is 79.9. The van der Waals surface area contributed by atoms with Crippen LogP contribution in [0.15, 0.2) is 28.9 Å². The number of ether oxygens (including phenoxy) is 1. The quantitative estimate of drug-likeness (QED) is 0.849. The first kappa shape index (κ1) is 15.2. The average Bonchev–Trinajstić information content (AvgIpc) is 3.03. The maximum absolute atomic E-state index is 5.58. The molecular weight excluding hydrogens is 346 g/mol. The van der Waals surface area contributed by atoms with Crippen LogP contribution in [0.5, 0.6) is 0 Å². The Bertz CT molecular complexity index is 646. The first-order valence-corrected chi connectivity index (χ1v) is 8.08. The Kier molecular flexibility index (Phi) is 4.84. The number of nitrogens with zero attached hydrogens (tertiary/aromatic N) is 3. The van der Waals surface area contributed by atoms with Gasteiger partial charge in [-0.3, -0.25) is 0 Å². The molecule has 1 aromatic heterocycles. The summed E-state index contributed by atoms with van der Waals surface area (Å²) in [5.74, 6) is 1.17. The van der Waals surface area contributed by atoms with E-state index < -0.39 is 0 Å². The molecule has 0 amide bonds. The van der Waals surface area contributed by atoms with Crippen LogP contribution < -0.4 is 10.6 Å². The van der Waals surface area contributed by atoms with E-state index >= 15 is 0 Å². The van der Waals surface area contributed by atoms with Gasteiger partial charge >= 0.3 is 0 Å². The van der Waals surface area contributed by atoms with Crippen molar-refractivity contribution in [3.8, 4) is 0 Å². The first-order valence-electron chi connectivity index (χ1n) is 7.29. The number of benzene rings is 1. The van der Waals surface area contributed by atoms with Crippen molar-refractivity contribution in [1.29, 1.82) is 0 Å². The van der Waals surface area contributed by atoms with Crippen LogP contribution in [-0.2, 0) is 4.74 Å². The Morgan fingerprint density at radius 1 is 1.41 bits per heavy atom. The molecule has 7 heteroatoms. The van der Waals surface area contributed by atoms with Crippen molar-refractivity contribution in [3.63, 3.8) is 0 Å². The van der Waals surface area contributed by atoms with Crippen molar-refractivity contribution in [1.82, 2.24) is 15.2 Å². The second kappa shape index (κ2) is 7.02. The van der Waals surface area contributed by atoms with Crippen molar-refractivity contribution < 1.29 is 4.74 Å². The van der Waals surface area contributed by atoms with Gasteiger partial charge in [0.2, 0.25) is 5.95 Å². The normalized spacial score (nSPS) is 17.5. The number of anilines is 3. The largest absolute Gasteiger partial charge is 0.376 e. The zero-order chi connectivity index (χ0) is 15.4. The van der Waals surface area contributed by atoms with E-state index in [4.69, 9.17) is 4.74 Å². The zero-order valence-corrected chi connectivity index (χ0v) is 13.9. The van der Waals surface area contributed by atoms with Gasteiger partial charge in [0.1, 0.15) is 0 Å². The predicted molar refractivity (Wildman–Crippen MR) is 89.5 cm³/mol. The number of hydrogen-bond donors (Lipinski definition) is 2. The molecule has 2 heterocycles. The standard InChI is InChI=1S/C15H18BrN5O/c1-10-7-11(4-5-13(10)16)19-15-20-14(9-18-21-15)17-8-12-3-2-6-22-12/h4-5,7,9,12H,2-3,6,8H2,1H3,(H2,17,19,20,21). The lowest BCUT2D eigenvalue weighted by atomic mass is 10.2. The number of hydrogen-bond acceptors (Lipinski definition) is 6. The van der Waals surface area contributed by atoms with Crippen LogP contribution in [0.4, 0.5) is 17.5 Å². The van der Waals surface area contributed by atoms with Gasteiger partial charge in [0.05, 0.1) is 12.3 Å². The molecule has 1 aliphatic rings. The van der Waals surface area contributed by atoms with Crippen molar-refractivity contribution in [2.24, 2.45) is 0 Å². The molecule has 0 bridgehead atoms. The summed E-state index contributed by atoms with van der Waals surface area (Å²) in [4.78, 5) is 4.42. The second-order valence-electron chi connectivity index (χ2n) is 5.27. The fourth-order valence-electron chi connectivity index (χ4n) is 2.32. The molecule has 1 saturated heterocycles. The minimum Gasteiger partial charge on any atom is -0.376 e. The van der Waals surface area contributed by atoms with Crippen LogP contribution in [0.2, 0.25) is 0 Å². The first-order chi connectivity index (χ1) is 10.7. The Labute approximate surface area is 137 Å². The lowest BCUT2D eigenvalue weighted by Gasteiger charge is -2.11. The summed E-state index contributed by atoms with van der Waals surface area (Å²) in [7, 11) is 0. The van der Waals surface area contributed by atoms with Gasteiger partial charge in [-0.25, -0.2) is 0 Å². The van der Waals surface area contributed by atoms with Gasteiger partial charge < -0.3 is 15.4 Å². The van der Waals surface area contributed by atoms with Crippen LogP contribution in [-0.4, -0.2) is 34.4 Å². The highest BCUT2D eigenvalue weighted by Crippen LogP contribution is 2.22. The highest BCUT2D eigenvalue weighted by Gasteiger charge is 2.15. The summed E-state index contributed by atoms with van der Waals surface area (Å²) >= 11 is 3.49. The Morgan fingerprint density at radius 2 is 2.32 bits per heavy atom. The van der Waals surface area contributed by atoms with Crippen LogP contribution in [0.3, 0.4) is 0 Å². The third-order valence-corrected chi connectivity index (χ3v) is 4.40.